The second-order valence-electron chi connectivity index (χ2n) is 7.93. The van der Waals surface area contributed by atoms with E-state index in [1.54, 1.807) is 6.92 Å². The molecule has 1 aromatic carbocycles. The highest BCUT2D eigenvalue weighted by atomic mass is 31.1. The fraction of sp³-hybridized carbons (Fsp3) is 0.650. The molecule has 134 valence electrons. The molecular weight excluding hydrogens is 335 g/mol. The van der Waals surface area contributed by atoms with Gasteiger partial charge < -0.3 is 0 Å². The summed E-state index contributed by atoms with van der Waals surface area (Å²) in [6, 6.07) is 6.10. The van der Waals surface area contributed by atoms with Crippen molar-refractivity contribution < 1.29 is 18.4 Å². The number of aryl methyl sites for hydroxylation is 1. The predicted molar refractivity (Wildman–Crippen MR) is 95.9 cm³/mol. The fourth-order valence-electron chi connectivity index (χ4n) is 5.60. The van der Waals surface area contributed by atoms with Crippen LogP contribution in [-0.4, -0.2) is 12.4 Å². The Kier molecular flexibility index (Phi) is 4.45. The molecule has 0 saturated heterocycles. The summed E-state index contributed by atoms with van der Waals surface area (Å²) in [7, 11) is -2.09. The second kappa shape index (κ2) is 6.48. The molecule has 0 aromatic heterocycles. The van der Waals surface area contributed by atoms with Gasteiger partial charge in [-0.15, -0.1) is 4.52 Å². The first-order chi connectivity index (χ1) is 12.0. The van der Waals surface area contributed by atoms with E-state index in [0.29, 0.717) is 35.9 Å². The number of ketones is 1. The summed E-state index contributed by atoms with van der Waals surface area (Å²) in [5.41, 5.74) is 2.65. The molecule has 4 nitrogen and oxygen atoms in total. The van der Waals surface area contributed by atoms with Gasteiger partial charge in [-0.2, -0.15) is 0 Å². The van der Waals surface area contributed by atoms with Crippen molar-refractivity contribution in [3.05, 3.63) is 29.3 Å². The van der Waals surface area contributed by atoms with E-state index in [0.717, 1.165) is 38.5 Å². The van der Waals surface area contributed by atoms with E-state index in [2.05, 4.69) is 13.0 Å². The van der Waals surface area contributed by atoms with E-state index < -0.39 is 8.25 Å². The van der Waals surface area contributed by atoms with Crippen LogP contribution in [0.2, 0.25) is 0 Å². The van der Waals surface area contributed by atoms with Crippen molar-refractivity contribution in [3.8, 4) is 5.75 Å². The van der Waals surface area contributed by atoms with Crippen LogP contribution in [0.5, 0.6) is 5.75 Å². The number of Topliss-reactive ketones (excluding diaryl/α,β-unsaturated/α-hetero) is 1. The predicted octanol–water partition coefficient (Wildman–Crippen LogP) is 5.18. The van der Waals surface area contributed by atoms with E-state index in [9.17, 15) is 9.36 Å². The third-order valence-electron chi connectivity index (χ3n) is 6.82. The lowest BCUT2D eigenvalue weighted by atomic mass is 9.55. The molecule has 5 atom stereocenters. The van der Waals surface area contributed by atoms with Crippen molar-refractivity contribution >= 4 is 14.0 Å². The van der Waals surface area contributed by atoms with Crippen molar-refractivity contribution in [1.82, 2.24) is 0 Å². The Hall–Kier alpha value is -1.25. The van der Waals surface area contributed by atoms with Crippen LogP contribution in [-0.2, 0) is 20.3 Å². The number of hydrogen-bond acceptors (Lipinski definition) is 4. The number of rotatable bonds is 4. The Balaban J connectivity index is 1.57. The molecule has 0 N–H and O–H groups in total. The van der Waals surface area contributed by atoms with E-state index in [-0.39, 0.29) is 5.41 Å². The van der Waals surface area contributed by atoms with Gasteiger partial charge in [-0.3, -0.25) is 4.79 Å². The van der Waals surface area contributed by atoms with E-state index in [1.807, 2.05) is 12.1 Å². The summed E-state index contributed by atoms with van der Waals surface area (Å²) in [6.45, 7) is 4.39. The number of carbonyl (C=O) groups excluding carboxylic acids is 1. The van der Waals surface area contributed by atoms with Crippen molar-refractivity contribution in [3.63, 3.8) is 0 Å². The molecule has 25 heavy (non-hydrogen) atoms. The van der Waals surface area contributed by atoms with Crippen LogP contribution >= 0.6 is 8.25 Å². The first kappa shape index (κ1) is 17.2. The van der Waals surface area contributed by atoms with Gasteiger partial charge in [0.25, 0.3) is 0 Å². The minimum atomic E-state index is -2.09. The molecule has 5 heteroatoms. The van der Waals surface area contributed by atoms with Crippen LogP contribution < -0.4 is 4.52 Å². The third kappa shape index (κ3) is 2.84. The van der Waals surface area contributed by atoms with Crippen LogP contribution in [0, 0.1) is 17.3 Å². The molecule has 4 rings (SSSR count). The van der Waals surface area contributed by atoms with Crippen LogP contribution in [0.25, 0.3) is 0 Å². The Labute approximate surface area is 150 Å². The molecule has 0 amide bonds. The zero-order valence-corrected chi connectivity index (χ0v) is 15.9. The summed E-state index contributed by atoms with van der Waals surface area (Å²) < 4.78 is 22.1. The van der Waals surface area contributed by atoms with E-state index in [1.165, 1.54) is 11.1 Å². The molecule has 2 saturated carbocycles. The van der Waals surface area contributed by atoms with Gasteiger partial charge in [0.1, 0.15) is 12.4 Å². The quantitative estimate of drug-likeness (QED) is 0.693. The average molecular weight is 361 g/mol. The zero-order valence-electron chi connectivity index (χ0n) is 15.0. The van der Waals surface area contributed by atoms with Crippen LogP contribution in [0.15, 0.2) is 18.2 Å². The van der Waals surface area contributed by atoms with Gasteiger partial charge in [0, 0.05) is 16.4 Å². The monoisotopic (exact) mass is 361 g/mol. The molecule has 3 aliphatic rings. The highest BCUT2D eigenvalue weighted by Gasteiger charge is 2.54. The van der Waals surface area contributed by atoms with Crippen molar-refractivity contribution in [2.75, 3.05) is 6.61 Å². The molecule has 0 bridgehead atoms. The summed E-state index contributed by atoms with van der Waals surface area (Å²) in [6.07, 6.45) is 6.12. The lowest BCUT2D eigenvalue weighted by Crippen LogP contribution is -2.42. The van der Waals surface area contributed by atoms with Gasteiger partial charge in [0.15, 0.2) is 5.75 Å². The third-order valence-corrected chi connectivity index (χ3v) is 7.65. The van der Waals surface area contributed by atoms with Crippen LogP contribution in [0.3, 0.4) is 0 Å². The van der Waals surface area contributed by atoms with Crippen LogP contribution in [0.4, 0.5) is 0 Å². The SMILES string of the molecule is CCO[P+](=O)Oc1ccc2c(c1)CC[C@@H]1[C@@H]2CC[C@]2(C)C(=O)CC[C@@H]12. The Bertz CT molecular complexity index is 716. The van der Waals surface area contributed by atoms with Crippen molar-refractivity contribution in [1.29, 1.82) is 0 Å². The molecule has 1 unspecified atom stereocenters. The van der Waals surface area contributed by atoms with Gasteiger partial charge >= 0.3 is 8.25 Å². The lowest BCUT2D eigenvalue weighted by molar-refractivity contribution is -0.129. The minimum absolute atomic E-state index is 0.0718. The Morgan fingerprint density at radius 1 is 1.24 bits per heavy atom. The molecular formula is C20H26O4P+. The second-order valence-corrected chi connectivity index (χ2v) is 8.81. The summed E-state index contributed by atoms with van der Waals surface area (Å²) in [5, 5.41) is 0. The first-order valence-electron chi connectivity index (χ1n) is 9.47. The van der Waals surface area contributed by atoms with Crippen LogP contribution in [0.1, 0.15) is 63.0 Å². The smallest absolute Gasteiger partial charge is 0.299 e. The van der Waals surface area contributed by atoms with Gasteiger partial charge in [-0.05, 0) is 80.0 Å². The number of carbonyl (C=O) groups is 1. The van der Waals surface area contributed by atoms with Gasteiger partial charge in [-0.25, -0.2) is 4.52 Å². The largest absolute Gasteiger partial charge is 0.750 e. The molecule has 0 heterocycles. The normalized spacial score (nSPS) is 34.1. The maximum atomic E-state index is 12.4. The molecule has 1 aromatic rings. The molecule has 3 aliphatic carbocycles. The van der Waals surface area contributed by atoms with Crippen molar-refractivity contribution in [2.45, 2.75) is 58.3 Å². The topological polar surface area (TPSA) is 52.6 Å². The Morgan fingerprint density at radius 3 is 2.88 bits per heavy atom. The molecule has 0 aliphatic heterocycles. The Morgan fingerprint density at radius 2 is 2.08 bits per heavy atom. The molecule has 0 radical (unpaired) electrons. The van der Waals surface area contributed by atoms with E-state index >= 15 is 0 Å². The maximum Gasteiger partial charge on any atom is 0.750 e. The first-order valence-corrected chi connectivity index (χ1v) is 10.6. The average Bonchev–Trinajstić information content (AvgIpc) is 2.90. The zero-order chi connectivity index (χ0) is 17.6. The fourth-order valence-corrected chi connectivity index (χ4v) is 6.15. The number of fused-ring (bicyclic) bond motifs is 5. The number of benzene rings is 1. The molecule has 0 spiro atoms. The summed E-state index contributed by atoms with van der Waals surface area (Å²) >= 11 is 0. The van der Waals surface area contributed by atoms with Gasteiger partial charge in [-0.1, -0.05) is 13.0 Å². The summed E-state index contributed by atoms with van der Waals surface area (Å²) in [5.74, 6) is 2.86. The minimum Gasteiger partial charge on any atom is -0.299 e. The van der Waals surface area contributed by atoms with Crippen molar-refractivity contribution in [2.24, 2.45) is 17.3 Å². The standard InChI is InChI=1S/C20H26O4P/c1-3-23-25(22)24-14-5-7-15-13(12-14)4-6-17-16(15)10-11-20(2)18(17)8-9-19(20)21/h5,7,12,16-18H,3-4,6,8-11H2,1-2H3/q+1/t16-,17-,18+,20+/m1/s1. The molecule has 2 fully saturated rings. The highest BCUT2D eigenvalue weighted by Crippen LogP contribution is 2.59. The summed E-state index contributed by atoms with van der Waals surface area (Å²) in [4.78, 5) is 12.4. The van der Waals surface area contributed by atoms with Gasteiger partial charge in [0.2, 0.25) is 0 Å². The lowest BCUT2D eigenvalue weighted by Gasteiger charge is -2.48. The van der Waals surface area contributed by atoms with Gasteiger partial charge in [0.05, 0.1) is 0 Å². The highest BCUT2D eigenvalue weighted by molar-refractivity contribution is 7.33. The number of hydrogen-bond donors (Lipinski definition) is 0. The maximum absolute atomic E-state index is 12.4. The van der Waals surface area contributed by atoms with E-state index in [4.69, 9.17) is 9.05 Å².